The van der Waals surface area contributed by atoms with Gasteiger partial charge < -0.3 is 9.90 Å². The van der Waals surface area contributed by atoms with Gasteiger partial charge in [0.15, 0.2) is 0 Å². The largest absolute Gasteiger partial charge is 0.537 e. The number of carboxylic acids is 1. The van der Waals surface area contributed by atoms with Crippen LogP contribution in [0.1, 0.15) is 11.1 Å². The van der Waals surface area contributed by atoms with Gasteiger partial charge in [0.05, 0.1) is 0 Å². The smallest absolute Gasteiger partial charge is 0.117 e. The highest BCUT2D eigenvalue weighted by molar-refractivity contribution is 5.85. The van der Waals surface area contributed by atoms with E-state index in [0.29, 0.717) is 0 Å². The Balaban J connectivity index is 0.000000502. The molecule has 1 aromatic carbocycles. The van der Waals surface area contributed by atoms with Crippen LogP contribution < -0.4 is 5.11 Å². The van der Waals surface area contributed by atoms with Crippen molar-refractivity contribution < 1.29 is 9.90 Å². The zero-order valence-corrected chi connectivity index (χ0v) is 12.7. The molecule has 0 unspecified atom stereocenters. The van der Waals surface area contributed by atoms with Crippen molar-refractivity contribution in [3.05, 3.63) is 35.4 Å². The minimum absolute atomic E-state index is 1.33. The lowest BCUT2D eigenvalue weighted by Crippen LogP contribution is -2.19. The van der Waals surface area contributed by atoms with Crippen molar-refractivity contribution >= 4 is 5.97 Å². The Labute approximate surface area is 137 Å². The van der Waals surface area contributed by atoms with Gasteiger partial charge in [-0.3, -0.25) is 0 Å². The van der Waals surface area contributed by atoms with Crippen LogP contribution in [0.5, 0.6) is 0 Å². The molecule has 0 N–H and O–H groups in total. The number of carbonyl (C=O) groups excluding carboxylic acids is 1. The third kappa shape index (κ3) is 14.3. The highest BCUT2D eigenvalue weighted by atomic mass is 16.4. The Hall–Kier alpha value is -3.95. The number of aryl methyl sites for hydroxylation is 2. The summed E-state index contributed by atoms with van der Waals surface area (Å²) in [4.78, 5) is 9.79. The normalized spacial score (nSPS) is 6.13. The van der Waals surface area contributed by atoms with Crippen LogP contribution >= 0.6 is 0 Å². The van der Waals surface area contributed by atoms with Crippen LogP contribution in [0.15, 0.2) is 24.3 Å². The van der Waals surface area contributed by atoms with Gasteiger partial charge >= 0.3 is 0 Å². The van der Waals surface area contributed by atoms with Gasteiger partial charge in [0.25, 0.3) is 0 Å². The molecule has 23 heavy (non-hydrogen) atoms. The van der Waals surface area contributed by atoms with E-state index < -0.39 is 5.97 Å². The molecule has 108 valence electrons. The molecule has 0 aliphatic rings. The standard InChI is InChI=1S/C13H2O2.C8H10/c1-2-3-4-5-6-7-8-9-10-11-12-13(14)15;1-7-3-5-8(2)6-4-7/h1H,(H,14,15);3-6H,1-2H3/p-1. The van der Waals surface area contributed by atoms with Gasteiger partial charge in [0, 0.05) is 0 Å². The first-order valence-electron chi connectivity index (χ1n) is 6.27. The summed E-state index contributed by atoms with van der Waals surface area (Å²) in [6.45, 7) is 4.19. The molecular formula is C21H11O2-. The molecule has 1 rings (SSSR count). The summed E-state index contributed by atoms with van der Waals surface area (Å²) in [6.07, 6.45) is 4.83. The molecule has 1 aromatic rings. The average Bonchev–Trinajstić information content (AvgIpc) is 2.52. The van der Waals surface area contributed by atoms with Gasteiger partial charge in [0.1, 0.15) is 5.97 Å². The topological polar surface area (TPSA) is 40.1 Å². The number of carboxylic acid groups (broad SMARTS) is 1. The lowest BCUT2D eigenvalue weighted by Gasteiger charge is -1.90. The Kier molecular flexibility index (Phi) is 10.8. The van der Waals surface area contributed by atoms with Crippen molar-refractivity contribution in [1.82, 2.24) is 0 Å². The fourth-order valence-electron chi connectivity index (χ4n) is 0.974. The first-order chi connectivity index (χ1) is 11.1. The van der Waals surface area contributed by atoms with Crippen molar-refractivity contribution in [2.75, 3.05) is 0 Å². The van der Waals surface area contributed by atoms with E-state index in [1.807, 2.05) is 5.92 Å². The molecule has 0 spiro atoms. The van der Waals surface area contributed by atoms with Crippen LogP contribution in [0.4, 0.5) is 0 Å². The Bertz CT molecular complexity index is 863. The summed E-state index contributed by atoms with van der Waals surface area (Å²) >= 11 is 0. The van der Waals surface area contributed by atoms with Gasteiger partial charge in [0.2, 0.25) is 0 Å². The molecular weight excluding hydrogens is 284 g/mol. The number of carbonyl (C=O) groups is 1. The number of rotatable bonds is 0. The number of benzene rings is 1. The number of hydrogen-bond acceptors (Lipinski definition) is 2. The van der Waals surface area contributed by atoms with Crippen molar-refractivity contribution in [2.24, 2.45) is 0 Å². The number of terminal acetylenes is 1. The maximum Gasteiger partial charge on any atom is 0.117 e. The van der Waals surface area contributed by atoms with E-state index in [0.717, 1.165) is 0 Å². The van der Waals surface area contributed by atoms with Crippen molar-refractivity contribution in [1.29, 1.82) is 0 Å². The highest BCUT2D eigenvalue weighted by Gasteiger charge is 1.79. The van der Waals surface area contributed by atoms with Crippen LogP contribution in [0.3, 0.4) is 0 Å². The molecule has 0 bridgehead atoms. The van der Waals surface area contributed by atoms with E-state index in [-0.39, 0.29) is 0 Å². The summed E-state index contributed by atoms with van der Waals surface area (Å²) in [5.41, 5.74) is 2.66. The predicted octanol–water partition coefficient (Wildman–Crippen LogP) is 0.690. The Morgan fingerprint density at radius 3 is 1.48 bits per heavy atom. The van der Waals surface area contributed by atoms with Gasteiger partial charge in [-0.25, -0.2) is 0 Å². The highest BCUT2D eigenvalue weighted by Crippen LogP contribution is 1.99. The average molecular weight is 295 g/mol. The quantitative estimate of drug-likeness (QED) is 0.661. The summed E-state index contributed by atoms with van der Waals surface area (Å²) in [5.74, 6) is 22.8. The second-order valence-electron chi connectivity index (χ2n) is 3.84. The monoisotopic (exact) mass is 295 g/mol. The fraction of sp³-hybridized carbons (Fsp3) is 0.0952. The Morgan fingerprint density at radius 2 is 1.13 bits per heavy atom. The van der Waals surface area contributed by atoms with Gasteiger partial charge in [-0.2, -0.15) is 0 Å². The third-order valence-corrected chi connectivity index (χ3v) is 1.95. The van der Waals surface area contributed by atoms with E-state index in [2.05, 4.69) is 91.4 Å². The first-order valence-corrected chi connectivity index (χ1v) is 6.27. The third-order valence-electron chi connectivity index (χ3n) is 1.95. The maximum absolute atomic E-state index is 9.79. The van der Waals surface area contributed by atoms with Gasteiger partial charge in [-0.05, 0) is 79.0 Å². The molecule has 2 heteroatoms. The molecule has 0 aliphatic carbocycles. The molecule has 0 atom stereocenters. The molecule has 0 saturated heterocycles. The molecule has 0 aliphatic heterocycles. The molecule has 0 amide bonds. The lowest BCUT2D eigenvalue weighted by molar-refractivity contribution is -0.295. The van der Waals surface area contributed by atoms with E-state index >= 15 is 0 Å². The summed E-state index contributed by atoms with van der Waals surface area (Å²) in [5, 5.41) is 9.79. The van der Waals surface area contributed by atoms with Crippen LogP contribution in [0.25, 0.3) is 0 Å². The number of aliphatic carboxylic acids is 1. The predicted molar refractivity (Wildman–Crippen MR) is 88.6 cm³/mol. The minimum atomic E-state index is -1.48. The second-order valence-corrected chi connectivity index (χ2v) is 3.84. The minimum Gasteiger partial charge on any atom is -0.537 e. The lowest BCUT2D eigenvalue weighted by atomic mass is 10.2. The van der Waals surface area contributed by atoms with E-state index in [1.54, 1.807) is 5.92 Å². The second kappa shape index (κ2) is 13.1. The molecule has 0 radical (unpaired) electrons. The van der Waals surface area contributed by atoms with Crippen LogP contribution in [0, 0.1) is 85.4 Å². The van der Waals surface area contributed by atoms with Crippen molar-refractivity contribution in [2.45, 2.75) is 13.8 Å². The van der Waals surface area contributed by atoms with Crippen LogP contribution in [-0.2, 0) is 4.79 Å². The molecule has 2 nitrogen and oxygen atoms in total. The molecule has 0 fully saturated rings. The van der Waals surface area contributed by atoms with Crippen molar-refractivity contribution in [3.63, 3.8) is 0 Å². The van der Waals surface area contributed by atoms with Crippen LogP contribution in [-0.4, -0.2) is 5.97 Å². The van der Waals surface area contributed by atoms with E-state index in [1.165, 1.54) is 11.1 Å². The van der Waals surface area contributed by atoms with E-state index in [4.69, 9.17) is 6.42 Å². The maximum atomic E-state index is 9.79. The summed E-state index contributed by atoms with van der Waals surface area (Å²) in [6, 6.07) is 8.48. The summed E-state index contributed by atoms with van der Waals surface area (Å²) in [7, 11) is 0. The summed E-state index contributed by atoms with van der Waals surface area (Å²) < 4.78 is 0. The van der Waals surface area contributed by atoms with Gasteiger partial charge in [-0.15, -0.1) is 6.42 Å². The zero-order valence-electron chi connectivity index (χ0n) is 12.7. The van der Waals surface area contributed by atoms with Gasteiger partial charge in [-0.1, -0.05) is 35.4 Å². The first kappa shape index (κ1) is 19.1. The van der Waals surface area contributed by atoms with Crippen molar-refractivity contribution in [3.8, 4) is 71.5 Å². The SMILES string of the molecule is C#CC#CC#CC#CC#CC#CC(=O)[O-].Cc1ccc(C)cc1. The fourth-order valence-corrected chi connectivity index (χ4v) is 0.974. The van der Waals surface area contributed by atoms with E-state index in [9.17, 15) is 9.90 Å². The number of hydrogen-bond donors (Lipinski definition) is 0. The molecule has 0 aromatic heterocycles. The molecule has 0 heterocycles. The Morgan fingerprint density at radius 1 is 0.783 bits per heavy atom. The zero-order chi connectivity index (χ0) is 17.3. The van der Waals surface area contributed by atoms with Crippen LogP contribution in [0.2, 0.25) is 0 Å². The molecule has 0 saturated carbocycles.